The first-order chi connectivity index (χ1) is 13.9. The third-order valence-electron chi connectivity index (χ3n) is 4.41. The second kappa shape index (κ2) is 11.9. The highest BCUT2D eigenvalue weighted by Crippen LogP contribution is 2.17. The number of ether oxygens (including phenoxy) is 1. The molecule has 0 spiro atoms. The lowest BCUT2D eigenvalue weighted by Gasteiger charge is -2.24. The van der Waals surface area contributed by atoms with Crippen molar-refractivity contribution in [2.75, 3.05) is 19.4 Å². The molecule has 0 radical (unpaired) electrons. The van der Waals surface area contributed by atoms with E-state index < -0.39 is 27.4 Å². The second-order valence-corrected chi connectivity index (χ2v) is 9.82. The fourth-order valence-electron chi connectivity index (χ4n) is 2.43. The summed E-state index contributed by atoms with van der Waals surface area (Å²) in [7, 11) is -3.31. The number of rotatable bonds is 12. The highest BCUT2D eigenvalue weighted by atomic mass is 32.2. The van der Waals surface area contributed by atoms with Gasteiger partial charge in [0.2, 0.25) is 5.91 Å². The van der Waals surface area contributed by atoms with E-state index in [-0.39, 0.29) is 0 Å². The first-order valence-corrected chi connectivity index (χ1v) is 11.8. The summed E-state index contributed by atoms with van der Waals surface area (Å²) >= 11 is 0. The smallest absolute Gasteiger partial charge is 0.244 e. The zero-order chi connectivity index (χ0) is 22.8. The van der Waals surface area contributed by atoms with Crippen molar-refractivity contribution < 1.29 is 28.2 Å². The lowest BCUT2D eigenvalue weighted by molar-refractivity contribution is -0.116. The molecule has 0 aliphatic carbocycles. The first kappa shape index (κ1) is 25.9. The summed E-state index contributed by atoms with van der Waals surface area (Å²) in [6.07, 6.45) is 4.99. The standard InChI is InChI=1S/C22H33NO6S/c1-17(5-10-20(24)22(2,3)26)12-15-29-19-8-6-18(7-9-19)11-14-23-21(25)13-16-30(4,27)28/h6-9,12-13,16,20,24,26H,5,10-11,14-15H2,1-4H3,(H,23,25)/b16-13+,17-12+/t20-/m0/s1. The Bertz CT molecular complexity index is 835. The van der Waals surface area contributed by atoms with Crippen molar-refractivity contribution >= 4 is 15.7 Å². The number of allylic oxidation sites excluding steroid dienone is 1. The molecule has 1 rings (SSSR count). The Kier molecular flexibility index (Phi) is 10.2. The molecule has 0 aliphatic rings. The van der Waals surface area contributed by atoms with Gasteiger partial charge in [-0.15, -0.1) is 0 Å². The Morgan fingerprint density at radius 3 is 2.47 bits per heavy atom. The van der Waals surface area contributed by atoms with Gasteiger partial charge in [0.1, 0.15) is 12.4 Å². The maximum absolute atomic E-state index is 11.5. The maximum atomic E-state index is 11.5. The van der Waals surface area contributed by atoms with Crippen LogP contribution in [0.5, 0.6) is 5.75 Å². The van der Waals surface area contributed by atoms with Gasteiger partial charge in [0, 0.05) is 24.3 Å². The van der Waals surface area contributed by atoms with Crippen molar-refractivity contribution in [1.29, 1.82) is 0 Å². The first-order valence-electron chi connectivity index (χ1n) is 9.80. The van der Waals surface area contributed by atoms with Gasteiger partial charge in [-0.1, -0.05) is 17.7 Å². The van der Waals surface area contributed by atoms with E-state index in [1.807, 2.05) is 37.3 Å². The van der Waals surface area contributed by atoms with Gasteiger partial charge in [-0.3, -0.25) is 4.79 Å². The van der Waals surface area contributed by atoms with Gasteiger partial charge in [0.25, 0.3) is 0 Å². The van der Waals surface area contributed by atoms with Crippen LogP contribution in [-0.2, 0) is 21.1 Å². The molecule has 1 amide bonds. The Hall–Kier alpha value is -2.16. The highest BCUT2D eigenvalue weighted by molar-refractivity contribution is 7.93. The van der Waals surface area contributed by atoms with Crippen LogP contribution in [0.25, 0.3) is 0 Å². The minimum absolute atomic E-state index is 0.394. The van der Waals surface area contributed by atoms with E-state index in [2.05, 4.69) is 5.32 Å². The summed E-state index contributed by atoms with van der Waals surface area (Å²) in [5.74, 6) is 0.275. The van der Waals surface area contributed by atoms with Gasteiger partial charge in [0.05, 0.1) is 11.7 Å². The van der Waals surface area contributed by atoms with Crippen LogP contribution in [-0.4, -0.2) is 55.7 Å². The van der Waals surface area contributed by atoms with E-state index in [0.717, 1.165) is 34.6 Å². The van der Waals surface area contributed by atoms with E-state index in [0.29, 0.717) is 32.4 Å². The number of aliphatic hydroxyl groups is 2. The minimum Gasteiger partial charge on any atom is -0.490 e. The van der Waals surface area contributed by atoms with E-state index in [1.54, 1.807) is 13.8 Å². The average molecular weight is 440 g/mol. The molecular formula is C22H33NO6S. The van der Waals surface area contributed by atoms with Gasteiger partial charge >= 0.3 is 0 Å². The molecular weight excluding hydrogens is 406 g/mol. The Morgan fingerprint density at radius 2 is 1.90 bits per heavy atom. The predicted octanol–water partition coefficient (Wildman–Crippen LogP) is 2.14. The van der Waals surface area contributed by atoms with E-state index >= 15 is 0 Å². The Labute approximate surface area is 179 Å². The summed E-state index contributed by atoms with van der Waals surface area (Å²) in [5, 5.41) is 23.1. The number of carbonyl (C=O) groups is 1. The van der Waals surface area contributed by atoms with Gasteiger partial charge in [-0.2, -0.15) is 0 Å². The Morgan fingerprint density at radius 1 is 1.27 bits per heavy atom. The monoisotopic (exact) mass is 439 g/mol. The largest absolute Gasteiger partial charge is 0.490 e. The molecule has 7 nitrogen and oxygen atoms in total. The minimum atomic E-state index is -3.31. The molecule has 0 bridgehead atoms. The molecule has 168 valence electrons. The van der Waals surface area contributed by atoms with Crippen LogP contribution < -0.4 is 10.1 Å². The van der Waals surface area contributed by atoms with Crippen LogP contribution in [0, 0.1) is 0 Å². The number of amides is 1. The zero-order valence-electron chi connectivity index (χ0n) is 18.1. The number of benzene rings is 1. The van der Waals surface area contributed by atoms with Crippen molar-refractivity contribution in [2.24, 2.45) is 0 Å². The van der Waals surface area contributed by atoms with Crippen molar-refractivity contribution in [3.8, 4) is 5.75 Å². The topological polar surface area (TPSA) is 113 Å². The molecule has 30 heavy (non-hydrogen) atoms. The molecule has 0 saturated carbocycles. The van der Waals surface area contributed by atoms with Crippen LogP contribution in [0.4, 0.5) is 0 Å². The van der Waals surface area contributed by atoms with Crippen LogP contribution in [0.2, 0.25) is 0 Å². The van der Waals surface area contributed by atoms with Gasteiger partial charge in [0.15, 0.2) is 9.84 Å². The summed E-state index contributed by atoms with van der Waals surface area (Å²) in [6, 6.07) is 7.51. The normalized spacial score (nSPS) is 14.0. The number of aliphatic hydroxyl groups excluding tert-OH is 1. The number of carbonyl (C=O) groups excluding carboxylic acids is 1. The molecule has 1 atom stereocenters. The number of hydrogen-bond acceptors (Lipinski definition) is 6. The summed E-state index contributed by atoms with van der Waals surface area (Å²) < 4.78 is 27.6. The Balaban J connectivity index is 2.36. The fourth-order valence-corrected chi connectivity index (χ4v) is 2.80. The molecule has 0 aromatic heterocycles. The van der Waals surface area contributed by atoms with Crippen molar-refractivity contribution in [2.45, 2.75) is 51.7 Å². The lowest BCUT2D eigenvalue weighted by atomic mass is 9.96. The molecule has 8 heteroatoms. The molecule has 1 aromatic rings. The van der Waals surface area contributed by atoms with E-state index in [9.17, 15) is 23.4 Å². The summed E-state index contributed by atoms with van der Waals surface area (Å²) in [5.41, 5.74) is 0.992. The molecule has 0 aliphatic heterocycles. The van der Waals surface area contributed by atoms with Crippen LogP contribution in [0.3, 0.4) is 0 Å². The number of nitrogens with one attached hydrogen (secondary N) is 1. The summed E-state index contributed by atoms with van der Waals surface area (Å²) in [6.45, 7) is 5.95. The van der Waals surface area contributed by atoms with E-state index in [4.69, 9.17) is 4.74 Å². The zero-order valence-corrected chi connectivity index (χ0v) is 18.9. The van der Waals surface area contributed by atoms with Crippen molar-refractivity contribution in [3.05, 3.63) is 53.0 Å². The van der Waals surface area contributed by atoms with Gasteiger partial charge in [-0.25, -0.2) is 8.42 Å². The quantitative estimate of drug-likeness (QED) is 0.340. The van der Waals surface area contributed by atoms with Crippen LogP contribution in [0.1, 0.15) is 39.2 Å². The SMILES string of the molecule is C/C(=C\COc1ccc(CCNC(=O)/C=C/S(C)(=O)=O)cc1)CC[C@H](O)C(C)(C)O. The molecule has 0 fully saturated rings. The fraction of sp³-hybridized carbons (Fsp3) is 0.500. The second-order valence-electron chi connectivity index (χ2n) is 7.89. The third kappa shape index (κ3) is 11.7. The van der Waals surface area contributed by atoms with E-state index in [1.165, 1.54) is 0 Å². The van der Waals surface area contributed by atoms with Gasteiger partial charge < -0.3 is 20.3 Å². The van der Waals surface area contributed by atoms with Crippen molar-refractivity contribution in [1.82, 2.24) is 5.32 Å². The molecule has 3 N–H and O–H groups in total. The molecule has 0 unspecified atom stereocenters. The van der Waals surface area contributed by atoms with Crippen LogP contribution in [0.15, 0.2) is 47.4 Å². The number of sulfone groups is 1. The highest BCUT2D eigenvalue weighted by Gasteiger charge is 2.23. The third-order valence-corrected chi connectivity index (χ3v) is 5.04. The predicted molar refractivity (Wildman–Crippen MR) is 118 cm³/mol. The van der Waals surface area contributed by atoms with Crippen molar-refractivity contribution in [3.63, 3.8) is 0 Å². The number of hydrogen-bond donors (Lipinski definition) is 3. The maximum Gasteiger partial charge on any atom is 0.244 e. The average Bonchev–Trinajstić information content (AvgIpc) is 2.64. The van der Waals surface area contributed by atoms with Gasteiger partial charge in [-0.05, 0) is 63.8 Å². The molecule has 0 saturated heterocycles. The lowest BCUT2D eigenvalue weighted by Crippen LogP contribution is -2.35. The van der Waals surface area contributed by atoms with Crippen LogP contribution >= 0.6 is 0 Å². The molecule has 1 aromatic carbocycles. The summed E-state index contributed by atoms with van der Waals surface area (Å²) in [4.78, 5) is 11.5. The molecule has 0 heterocycles.